The van der Waals surface area contributed by atoms with Gasteiger partial charge in [-0.2, -0.15) is 0 Å². The van der Waals surface area contributed by atoms with Crippen molar-refractivity contribution in [2.24, 2.45) is 5.92 Å². The zero-order chi connectivity index (χ0) is 15.0. The number of hydrogen-bond donors (Lipinski definition) is 5. The third-order valence-corrected chi connectivity index (χ3v) is 2.61. The van der Waals surface area contributed by atoms with Crippen LogP contribution in [-0.2, 0) is 4.79 Å². The first-order valence-electron chi connectivity index (χ1n) is 5.86. The van der Waals surface area contributed by atoms with E-state index in [4.69, 9.17) is 0 Å². The lowest BCUT2D eigenvalue weighted by atomic mass is 10.00. The van der Waals surface area contributed by atoms with Gasteiger partial charge < -0.3 is 15.7 Å². The molecule has 4 amide bonds. The van der Waals surface area contributed by atoms with E-state index >= 15 is 0 Å². The van der Waals surface area contributed by atoms with Crippen LogP contribution >= 0.6 is 0 Å². The minimum Gasteiger partial charge on any atom is -0.480 e. The van der Waals surface area contributed by atoms with E-state index in [-0.39, 0.29) is 5.92 Å². The summed E-state index contributed by atoms with van der Waals surface area (Å²) in [7, 11) is 2.76. The molecule has 110 valence electrons. The van der Waals surface area contributed by atoms with Gasteiger partial charge in [-0.3, -0.25) is 15.6 Å². The number of hydrogen-bond acceptors (Lipinski definition) is 4. The fraction of sp³-hybridized carbons (Fsp3) is 0.700. The minimum atomic E-state index is -1.15. The lowest BCUT2D eigenvalue weighted by Gasteiger charge is -2.31. The molecule has 0 saturated carbocycles. The van der Waals surface area contributed by atoms with Crippen LogP contribution in [0.2, 0.25) is 0 Å². The summed E-state index contributed by atoms with van der Waals surface area (Å²) in [4.78, 5) is 33.9. The van der Waals surface area contributed by atoms with Crippen molar-refractivity contribution >= 4 is 18.0 Å². The second-order valence-corrected chi connectivity index (χ2v) is 3.92. The Hall–Kier alpha value is -2.03. The van der Waals surface area contributed by atoms with Crippen LogP contribution in [-0.4, -0.2) is 48.4 Å². The van der Waals surface area contributed by atoms with Gasteiger partial charge in [0.15, 0.2) is 0 Å². The number of carboxylic acids is 1. The van der Waals surface area contributed by atoms with Crippen LogP contribution in [0.5, 0.6) is 0 Å². The molecule has 0 fully saturated rings. The van der Waals surface area contributed by atoms with Gasteiger partial charge in [-0.1, -0.05) is 20.3 Å². The Labute approximate surface area is 111 Å². The quantitative estimate of drug-likeness (QED) is 0.417. The maximum Gasteiger partial charge on any atom is 0.330 e. The van der Waals surface area contributed by atoms with Crippen molar-refractivity contribution in [1.29, 1.82) is 0 Å². The van der Waals surface area contributed by atoms with Gasteiger partial charge >= 0.3 is 18.0 Å². The maximum atomic E-state index is 11.3. The Morgan fingerprint density at radius 2 is 1.53 bits per heavy atom. The predicted molar refractivity (Wildman–Crippen MR) is 67.9 cm³/mol. The van der Waals surface area contributed by atoms with Crippen molar-refractivity contribution in [3.63, 3.8) is 0 Å². The molecule has 0 aliphatic heterocycles. The molecule has 19 heavy (non-hydrogen) atoms. The highest BCUT2D eigenvalue weighted by Crippen LogP contribution is 2.12. The highest BCUT2D eigenvalue weighted by molar-refractivity contribution is 5.78. The molecule has 0 aliphatic carbocycles. The number of urea groups is 2. The smallest absolute Gasteiger partial charge is 0.330 e. The van der Waals surface area contributed by atoms with E-state index in [1.807, 2.05) is 6.92 Å². The average molecular weight is 275 g/mol. The molecule has 0 aromatic rings. The van der Waals surface area contributed by atoms with Crippen molar-refractivity contribution < 1.29 is 19.5 Å². The molecular formula is C10H21N5O4. The van der Waals surface area contributed by atoms with Crippen molar-refractivity contribution in [1.82, 2.24) is 26.6 Å². The largest absolute Gasteiger partial charge is 0.480 e. The fourth-order valence-electron chi connectivity index (χ4n) is 1.33. The van der Waals surface area contributed by atoms with Gasteiger partial charge in [0.2, 0.25) is 0 Å². The van der Waals surface area contributed by atoms with Gasteiger partial charge in [0.25, 0.3) is 0 Å². The summed E-state index contributed by atoms with van der Waals surface area (Å²) in [6.07, 6.45) is 0.568. The molecule has 0 aromatic carbocycles. The van der Waals surface area contributed by atoms with Gasteiger partial charge in [-0.25, -0.2) is 9.59 Å². The maximum absolute atomic E-state index is 11.3. The van der Waals surface area contributed by atoms with Crippen LogP contribution in [0, 0.1) is 5.92 Å². The van der Waals surface area contributed by atoms with Gasteiger partial charge in [0.05, 0.1) is 0 Å². The van der Waals surface area contributed by atoms with Gasteiger partial charge in [-0.15, -0.1) is 5.12 Å². The van der Waals surface area contributed by atoms with Gasteiger partial charge in [0, 0.05) is 14.1 Å². The summed E-state index contributed by atoms with van der Waals surface area (Å²) >= 11 is 0. The first-order chi connectivity index (χ1) is 8.87. The molecule has 0 bridgehead atoms. The number of amides is 4. The molecule has 0 aliphatic rings. The molecule has 2 atom stereocenters. The van der Waals surface area contributed by atoms with E-state index in [9.17, 15) is 19.5 Å². The summed E-state index contributed by atoms with van der Waals surface area (Å²) in [5.41, 5.74) is 4.52. The lowest BCUT2D eigenvalue weighted by Crippen LogP contribution is -2.64. The van der Waals surface area contributed by atoms with Crippen molar-refractivity contribution in [3.05, 3.63) is 0 Å². The minimum absolute atomic E-state index is 0.285. The number of nitrogens with zero attached hydrogens (tertiary/aromatic N) is 1. The number of carboxylic acid groups (broad SMARTS) is 1. The standard InChI is InChI=1S/C10H21N5O4/c1-5-6(2)7(8(16)17)15(13-9(18)11-3)14-10(19)12-4/h6-7H,5H2,1-4H3,(H,16,17)(H2,11,13,18)(H2,12,14,19)/t6-,7-/m0/s1. The molecule has 0 heterocycles. The molecule has 5 N–H and O–H groups in total. The summed E-state index contributed by atoms with van der Waals surface area (Å²) in [5.74, 6) is -1.44. The zero-order valence-electron chi connectivity index (χ0n) is 11.5. The Morgan fingerprint density at radius 1 is 1.11 bits per heavy atom. The first kappa shape index (κ1) is 17.0. The second kappa shape index (κ2) is 8.14. The summed E-state index contributed by atoms with van der Waals surface area (Å²) in [6, 6.07) is -2.35. The van der Waals surface area contributed by atoms with E-state index in [0.717, 1.165) is 5.12 Å². The average Bonchev–Trinajstić information content (AvgIpc) is 2.37. The Balaban J connectivity index is 5.08. The molecule has 9 nitrogen and oxygen atoms in total. The van der Waals surface area contributed by atoms with Crippen molar-refractivity contribution in [2.75, 3.05) is 14.1 Å². The zero-order valence-corrected chi connectivity index (χ0v) is 11.5. The molecular weight excluding hydrogens is 254 g/mol. The van der Waals surface area contributed by atoms with Crippen LogP contribution in [0.3, 0.4) is 0 Å². The summed E-state index contributed by atoms with van der Waals surface area (Å²) < 4.78 is 0. The van der Waals surface area contributed by atoms with Crippen LogP contribution in [0.25, 0.3) is 0 Å². The Bertz CT molecular complexity index is 318. The van der Waals surface area contributed by atoms with E-state index in [1.165, 1.54) is 14.1 Å². The molecule has 0 rings (SSSR count). The van der Waals surface area contributed by atoms with Crippen LogP contribution in [0.4, 0.5) is 9.59 Å². The predicted octanol–water partition coefficient (Wildman–Crippen LogP) is -0.524. The van der Waals surface area contributed by atoms with E-state index in [0.29, 0.717) is 6.42 Å². The Morgan fingerprint density at radius 3 is 1.79 bits per heavy atom. The van der Waals surface area contributed by atoms with E-state index < -0.39 is 24.1 Å². The number of hydrazine groups is 2. The van der Waals surface area contributed by atoms with Gasteiger partial charge in [0.1, 0.15) is 6.04 Å². The number of carbonyl (C=O) groups excluding carboxylic acids is 2. The van der Waals surface area contributed by atoms with Crippen LogP contribution < -0.4 is 21.5 Å². The number of carbonyl (C=O) groups is 3. The number of rotatable bonds is 6. The topological polar surface area (TPSA) is 123 Å². The van der Waals surface area contributed by atoms with Crippen LogP contribution in [0.15, 0.2) is 0 Å². The van der Waals surface area contributed by atoms with Crippen molar-refractivity contribution in [3.8, 4) is 0 Å². The molecule has 0 radical (unpaired) electrons. The van der Waals surface area contributed by atoms with Crippen LogP contribution in [0.1, 0.15) is 20.3 Å². The fourth-order valence-corrected chi connectivity index (χ4v) is 1.33. The van der Waals surface area contributed by atoms with E-state index in [2.05, 4.69) is 21.5 Å². The highest BCUT2D eigenvalue weighted by Gasteiger charge is 2.32. The SMILES string of the molecule is CC[C@H](C)[C@@H](C(=O)O)N(NC(=O)NC)NC(=O)NC. The van der Waals surface area contributed by atoms with Gasteiger partial charge in [-0.05, 0) is 5.92 Å². The molecule has 0 aromatic heterocycles. The third kappa shape index (κ3) is 5.42. The monoisotopic (exact) mass is 275 g/mol. The second-order valence-electron chi connectivity index (χ2n) is 3.92. The molecule has 0 unspecified atom stereocenters. The van der Waals surface area contributed by atoms with E-state index in [1.54, 1.807) is 6.92 Å². The highest BCUT2D eigenvalue weighted by atomic mass is 16.4. The number of aliphatic carboxylic acids is 1. The third-order valence-electron chi connectivity index (χ3n) is 2.61. The van der Waals surface area contributed by atoms with Crippen molar-refractivity contribution in [2.45, 2.75) is 26.3 Å². The molecule has 0 spiro atoms. The Kier molecular flexibility index (Phi) is 7.27. The molecule has 0 saturated heterocycles. The lowest BCUT2D eigenvalue weighted by molar-refractivity contribution is -0.148. The number of nitrogens with one attached hydrogen (secondary N) is 4. The molecule has 9 heteroatoms. The first-order valence-corrected chi connectivity index (χ1v) is 5.86. The summed E-state index contributed by atoms with van der Waals surface area (Å²) in [6.45, 7) is 3.53. The normalized spacial score (nSPS) is 13.3. The summed E-state index contributed by atoms with van der Waals surface area (Å²) in [5, 5.41) is 14.7.